The highest BCUT2D eigenvalue weighted by molar-refractivity contribution is 6.32. The third-order valence-corrected chi connectivity index (χ3v) is 4.78. The van der Waals surface area contributed by atoms with Gasteiger partial charge in [-0.1, -0.05) is 48.0 Å². The smallest absolute Gasteiger partial charge is 0.266 e. The lowest BCUT2D eigenvalue weighted by Gasteiger charge is -2.22. The molecule has 0 spiro atoms. The Labute approximate surface area is 164 Å². The topological polar surface area (TPSA) is 42.4 Å². The van der Waals surface area contributed by atoms with E-state index in [0.717, 1.165) is 16.7 Å². The van der Waals surface area contributed by atoms with Crippen molar-refractivity contribution in [2.75, 3.05) is 11.5 Å². The number of nitrogens with zero attached hydrogens (tertiary/aromatic N) is 2. The van der Waals surface area contributed by atoms with Gasteiger partial charge in [0.2, 0.25) is 0 Å². The van der Waals surface area contributed by atoms with Crippen molar-refractivity contribution in [1.29, 1.82) is 0 Å². The number of benzene rings is 2. The summed E-state index contributed by atoms with van der Waals surface area (Å²) in [6, 6.07) is 19.0. The van der Waals surface area contributed by atoms with E-state index < -0.39 is 0 Å². The number of rotatable bonds is 6. The van der Waals surface area contributed by atoms with E-state index in [1.54, 1.807) is 11.1 Å². The molecule has 138 valence electrons. The van der Waals surface area contributed by atoms with Crippen LogP contribution in [0.3, 0.4) is 0 Å². The van der Waals surface area contributed by atoms with Crippen molar-refractivity contribution in [2.45, 2.75) is 20.4 Å². The Bertz CT molecular complexity index is 891. The maximum Gasteiger partial charge on any atom is 0.266 e. The molecule has 3 rings (SSSR count). The van der Waals surface area contributed by atoms with Gasteiger partial charge < -0.3 is 4.74 Å². The van der Waals surface area contributed by atoms with E-state index in [2.05, 4.69) is 4.98 Å². The number of anilines is 1. The normalized spacial score (nSPS) is 10.5. The van der Waals surface area contributed by atoms with Gasteiger partial charge in [-0.2, -0.15) is 0 Å². The van der Waals surface area contributed by atoms with E-state index >= 15 is 0 Å². The monoisotopic (exact) mass is 380 g/mol. The molecule has 27 heavy (non-hydrogen) atoms. The standard InChI is InChI=1S/C22H21ClN2O2/c1-16-12-19(13-17(2)22(16)23)27-15-21(26)25(20-10-6-7-11-24-20)14-18-8-4-3-5-9-18/h3-13H,14-15H2,1-2H3. The number of aryl methyl sites for hydroxylation is 2. The second-order valence-electron chi connectivity index (χ2n) is 6.31. The third-order valence-electron chi connectivity index (χ3n) is 4.18. The Balaban J connectivity index is 1.77. The molecular formula is C22H21ClN2O2. The van der Waals surface area contributed by atoms with Gasteiger partial charge in [-0.15, -0.1) is 0 Å². The van der Waals surface area contributed by atoms with Crippen LogP contribution in [0.15, 0.2) is 66.9 Å². The second-order valence-corrected chi connectivity index (χ2v) is 6.69. The summed E-state index contributed by atoms with van der Waals surface area (Å²) in [5.74, 6) is 1.06. The van der Waals surface area contributed by atoms with Crippen LogP contribution in [-0.2, 0) is 11.3 Å². The molecule has 0 radical (unpaired) electrons. The van der Waals surface area contributed by atoms with Crippen LogP contribution in [0.5, 0.6) is 5.75 Å². The number of hydrogen-bond acceptors (Lipinski definition) is 3. The van der Waals surface area contributed by atoms with Crippen LogP contribution in [0.2, 0.25) is 5.02 Å². The number of halogens is 1. The van der Waals surface area contributed by atoms with E-state index in [9.17, 15) is 4.79 Å². The number of carbonyl (C=O) groups is 1. The molecule has 0 aliphatic carbocycles. The molecule has 0 atom stereocenters. The van der Waals surface area contributed by atoms with Crippen molar-refractivity contribution in [1.82, 2.24) is 4.98 Å². The van der Waals surface area contributed by atoms with E-state index in [4.69, 9.17) is 16.3 Å². The van der Waals surface area contributed by atoms with Crippen LogP contribution in [-0.4, -0.2) is 17.5 Å². The summed E-state index contributed by atoms with van der Waals surface area (Å²) in [5, 5.41) is 0.716. The molecule has 1 heterocycles. The van der Waals surface area contributed by atoms with Gasteiger partial charge in [0.25, 0.3) is 5.91 Å². The molecule has 2 aromatic carbocycles. The number of ether oxygens (including phenoxy) is 1. The van der Waals surface area contributed by atoms with Gasteiger partial charge in [0, 0.05) is 11.2 Å². The van der Waals surface area contributed by atoms with Gasteiger partial charge in [0.1, 0.15) is 11.6 Å². The minimum absolute atomic E-state index is 0.0794. The maximum absolute atomic E-state index is 12.9. The second kappa shape index (κ2) is 8.69. The highest BCUT2D eigenvalue weighted by Crippen LogP contribution is 2.26. The van der Waals surface area contributed by atoms with Crippen molar-refractivity contribution < 1.29 is 9.53 Å². The minimum Gasteiger partial charge on any atom is -0.484 e. The lowest BCUT2D eigenvalue weighted by molar-refractivity contribution is -0.120. The molecule has 4 nitrogen and oxygen atoms in total. The van der Waals surface area contributed by atoms with Crippen molar-refractivity contribution in [3.05, 3.63) is 88.6 Å². The number of carbonyl (C=O) groups excluding carboxylic acids is 1. The van der Waals surface area contributed by atoms with Crippen molar-refractivity contribution in [3.63, 3.8) is 0 Å². The van der Waals surface area contributed by atoms with E-state index in [1.165, 1.54) is 0 Å². The first kappa shape index (κ1) is 18.9. The largest absolute Gasteiger partial charge is 0.484 e. The Morgan fingerprint density at radius 1 is 1.04 bits per heavy atom. The lowest BCUT2D eigenvalue weighted by Crippen LogP contribution is -2.35. The molecule has 0 unspecified atom stereocenters. The molecule has 1 aromatic heterocycles. The summed E-state index contributed by atoms with van der Waals surface area (Å²) in [5.41, 5.74) is 2.87. The van der Waals surface area contributed by atoms with E-state index in [1.807, 2.05) is 74.5 Å². The summed E-state index contributed by atoms with van der Waals surface area (Å²) >= 11 is 6.19. The van der Waals surface area contributed by atoms with Crippen molar-refractivity contribution >= 4 is 23.3 Å². The number of pyridine rings is 1. The molecule has 0 aliphatic rings. The average molecular weight is 381 g/mol. The number of hydrogen-bond donors (Lipinski definition) is 0. The van der Waals surface area contributed by atoms with Gasteiger partial charge in [-0.05, 0) is 54.8 Å². The fourth-order valence-electron chi connectivity index (χ4n) is 2.79. The first-order chi connectivity index (χ1) is 13.0. The highest BCUT2D eigenvalue weighted by Gasteiger charge is 2.18. The number of aromatic nitrogens is 1. The molecule has 5 heteroatoms. The molecule has 1 amide bonds. The van der Waals surface area contributed by atoms with Crippen molar-refractivity contribution in [2.24, 2.45) is 0 Å². The Morgan fingerprint density at radius 3 is 2.33 bits per heavy atom. The Hall–Kier alpha value is -2.85. The Morgan fingerprint density at radius 2 is 1.70 bits per heavy atom. The molecule has 0 saturated heterocycles. The first-order valence-corrected chi connectivity index (χ1v) is 9.07. The van der Waals surface area contributed by atoms with Gasteiger partial charge in [-0.25, -0.2) is 4.98 Å². The summed E-state index contributed by atoms with van der Waals surface area (Å²) in [7, 11) is 0. The molecule has 0 aliphatic heterocycles. The molecule has 0 fully saturated rings. The van der Waals surface area contributed by atoms with E-state index in [-0.39, 0.29) is 12.5 Å². The molecule has 3 aromatic rings. The van der Waals surface area contributed by atoms with Gasteiger partial charge >= 0.3 is 0 Å². The molecule has 0 N–H and O–H groups in total. The van der Waals surface area contributed by atoms with Gasteiger partial charge in [0.15, 0.2) is 6.61 Å². The van der Waals surface area contributed by atoms with Crippen LogP contribution in [0.4, 0.5) is 5.82 Å². The predicted molar refractivity (Wildman–Crippen MR) is 108 cm³/mol. The Kier molecular flexibility index (Phi) is 6.09. The fraction of sp³-hybridized carbons (Fsp3) is 0.182. The summed E-state index contributed by atoms with van der Waals surface area (Å²) in [6.45, 7) is 4.18. The zero-order valence-electron chi connectivity index (χ0n) is 15.4. The first-order valence-electron chi connectivity index (χ1n) is 8.69. The third kappa shape index (κ3) is 4.86. The van der Waals surface area contributed by atoms with Crippen LogP contribution < -0.4 is 9.64 Å². The quantitative estimate of drug-likeness (QED) is 0.606. The van der Waals surface area contributed by atoms with Crippen LogP contribution >= 0.6 is 11.6 Å². The highest BCUT2D eigenvalue weighted by atomic mass is 35.5. The maximum atomic E-state index is 12.9. The summed E-state index contributed by atoms with van der Waals surface area (Å²) < 4.78 is 5.75. The van der Waals surface area contributed by atoms with Crippen LogP contribution in [0.25, 0.3) is 0 Å². The predicted octanol–water partition coefficient (Wildman–Crippen LogP) is 4.96. The van der Waals surface area contributed by atoms with Crippen LogP contribution in [0.1, 0.15) is 16.7 Å². The fourth-order valence-corrected chi connectivity index (χ4v) is 2.90. The summed E-state index contributed by atoms with van der Waals surface area (Å²) in [6.07, 6.45) is 1.67. The zero-order valence-corrected chi connectivity index (χ0v) is 16.1. The molecular weight excluding hydrogens is 360 g/mol. The van der Waals surface area contributed by atoms with E-state index in [0.29, 0.717) is 23.1 Å². The van der Waals surface area contributed by atoms with Gasteiger partial charge in [0.05, 0.1) is 6.54 Å². The number of amides is 1. The lowest BCUT2D eigenvalue weighted by atomic mass is 10.1. The SMILES string of the molecule is Cc1cc(OCC(=O)N(Cc2ccccc2)c2ccccn2)cc(C)c1Cl. The average Bonchev–Trinajstić information content (AvgIpc) is 2.69. The zero-order chi connectivity index (χ0) is 19.2. The van der Waals surface area contributed by atoms with Gasteiger partial charge in [-0.3, -0.25) is 9.69 Å². The van der Waals surface area contributed by atoms with Crippen LogP contribution in [0, 0.1) is 13.8 Å². The minimum atomic E-state index is -0.164. The summed E-state index contributed by atoms with van der Waals surface area (Å²) in [4.78, 5) is 18.8. The molecule has 0 saturated carbocycles. The van der Waals surface area contributed by atoms with Crippen molar-refractivity contribution in [3.8, 4) is 5.75 Å². The molecule has 0 bridgehead atoms.